The Bertz CT molecular complexity index is 929. The Labute approximate surface area is 216 Å². The van der Waals surface area contributed by atoms with Gasteiger partial charge in [-0.3, -0.25) is 5.41 Å². The number of nitrogen functional groups attached to an aromatic ring is 1. The fourth-order valence-corrected chi connectivity index (χ4v) is 5.01. The maximum Gasteiger partial charge on any atom is 0.430 e. The van der Waals surface area contributed by atoms with E-state index in [1.54, 1.807) is 0 Å². The molecule has 0 atom stereocenters. The number of piperidine rings is 2. The van der Waals surface area contributed by atoms with Crippen LogP contribution in [0.5, 0.6) is 0 Å². The van der Waals surface area contributed by atoms with Crippen molar-refractivity contribution in [3.05, 3.63) is 29.8 Å². The number of anilines is 1. The van der Waals surface area contributed by atoms with Crippen LogP contribution in [0.3, 0.4) is 0 Å². The van der Waals surface area contributed by atoms with E-state index in [2.05, 4.69) is 24.1 Å². The first-order chi connectivity index (χ1) is 17.0. The molecule has 8 nitrogen and oxygen atoms in total. The summed E-state index contributed by atoms with van der Waals surface area (Å²) in [4.78, 5) is 23.5. The third kappa shape index (κ3) is 9.87. The molecule has 0 saturated carbocycles. The number of quaternary nitrogens is 1. The number of carboxylic acid groups (broad SMARTS) is 1. The molecule has 208 valence electrons. The molecule has 11 heteroatoms. The van der Waals surface area contributed by atoms with Crippen LogP contribution in [0.4, 0.5) is 18.9 Å². The highest BCUT2D eigenvalue weighted by atomic mass is 19.4. The maximum absolute atomic E-state index is 12.3. The van der Waals surface area contributed by atoms with Crippen molar-refractivity contribution in [3.63, 3.8) is 0 Å². The summed E-state index contributed by atoms with van der Waals surface area (Å²) in [5, 5.41) is 16.3. The zero-order chi connectivity index (χ0) is 28.0. The zero-order valence-electron chi connectivity index (χ0n) is 22.1. The molecule has 0 aliphatic carbocycles. The van der Waals surface area contributed by atoms with Gasteiger partial charge in [-0.15, -0.1) is 0 Å². The second kappa shape index (κ2) is 12.1. The number of nitrogens with two attached hydrogens (primary N) is 1. The van der Waals surface area contributed by atoms with Gasteiger partial charge in [0, 0.05) is 24.3 Å². The van der Waals surface area contributed by atoms with E-state index in [1.807, 2.05) is 32.9 Å². The molecule has 2 aliphatic rings. The van der Waals surface area contributed by atoms with E-state index < -0.39 is 17.7 Å². The van der Waals surface area contributed by atoms with E-state index >= 15 is 0 Å². The van der Waals surface area contributed by atoms with E-state index in [4.69, 9.17) is 25.8 Å². The van der Waals surface area contributed by atoms with Crippen molar-refractivity contribution >= 4 is 23.5 Å². The number of esters is 1. The number of aliphatic carboxylic acids is 1. The molecule has 1 aromatic rings. The number of rotatable bonds is 5. The van der Waals surface area contributed by atoms with Gasteiger partial charge in [-0.1, -0.05) is 0 Å². The zero-order valence-corrected chi connectivity index (χ0v) is 22.1. The second-order valence-electron chi connectivity index (χ2n) is 11.2. The van der Waals surface area contributed by atoms with E-state index in [0.717, 1.165) is 48.1 Å². The van der Waals surface area contributed by atoms with Crippen LogP contribution < -0.4 is 15.7 Å². The summed E-state index contributed by atoms with van der Waals surface area (Å²) < 4.78 is 37.9. The number of carbonyl (C=O) groups excluding carboxylic acids is 2. The van der Waals surface area contributed by atoms with Gasteiger partial charge in [0.05, 0.1) is 20.1 Å². The minimum atomic E-state index is -5.19. The molecule has 0 radical (unpaired) electrons. The van der Waals surface area contributed by atoms with Crippen LogP contribution in [0, 0.1) is 17.2 Å². The molecule has 2 fully saturated rings. The van der Waals surface area contributed by atoms with Crippen LogP contribution in [0.1, 0.15) is 52.0 Å². The average Bonchev–Trinajstić information content (AvgIpc) is 2.78. The van der Waals surface area contributed by atoms with Crippen LogP contribution in [0.25, 0.3) is 0 Å². The molecular formula is C26H39F3N4O4. The van der Waals surface area contributed by atoms with Crippen LogP contribution >= 0.6 is 0 Å². The number of benzene rings is 1. The Balaban J connectivity index is 0.000000604. The van der Waals surface area contributed by atoms with Crippen molar-refractivity contribution in [1.29, 1.82) is 5.41 Å². The molecule has 0 unspecified atom stereocenters. The van der Waals surface area contributed by atoms with Gasteiger partial charge in [0.2, 0.25) is 0 Å². The van der Waals surface area contributed by atoms with Gasteiger partial charge in [0.1, 0.15) is 17.4 Å². The van der Waals surface area contributed by atoms with Crippen molar-refractivity contribution in [2.24, 2.45) is 17.6 Å². The number of halogens is 3. The predicted molar refractivity (Wildman–Crippen MR) is 133 cm³/mol. The van der Waals surface area contributed by atoms with Crippen molar-refractivity contribution in [3.8, 4) is 0 Å². The first kappa shape index (κ1) is 30.4. The standard InChI is InChI=1S/C24H39N4O2.C2HF3O2/c1-24(2,3)30-22(29)17-28(4)15-11-19(12-16-28)18-9-13-27(14-10-18)21-7-5-20(6-8-21)23(25)26;3-2(4,5)1(6)7/h5-8,18-19H,9-17H2,1-4H3,(H3,25,26);(H,6,7)/q+1;/p-1/t19-,28-;. The Morgan fingerprint density at radius 1 is 1.05 bits per heavy atom. The lowest BCUT2D eigenvalue weighted by Gasteiger charge is -2.44. The Hall–Kier alpha value is -2.82. The molecule has 3 N–H and O–H groups in total. The summed E-state index contributed by atoms with van der Waals surface area (Å²) in [6, 6.07) is 8.04. The third-order valence-corrected chi connectivity index (χ3v) is 6.99. The smallest absolute Gasteiger partial charge is 0.430 e. The highest BCUT2D eigenvalue weighted by molar-refractivity contribution is 5.95. The summed E-state index contributed by atoms with van der Waals surface area (Å²) in [6.45, 7) is 10.6. The van der Waals surface area contributed by atoms with Gasteiger partial charge in [0.15, 0.2) is 6.54 Å². The molecular weight excluding hydrogens is 489 g/mol. The molecule has 2 heterocycles. The average molecular weight is 529 g/mol. The van der Waals surface area contributed by atoms with E-state index in [1.165, 1.54) is 31.4 Å². The lowest BCUT2D eigenvalue weighted by molar-refractivity contribution is -0.908. The third-order valence-electron chi connectivity index (χ3n) is 6.99. The maximum atomic E-state index is 12.3. The predicted octanol–water partition coefficient (Wildman–Crippen LogP) is 2.68. The van der Waals surface area contributed by atoms with Crippen LogP contribution in [-0.2, 0) is 14.3 Å². The van der Waals surface area contributed by atoms with Gasteiger partial charge in [0.25, 0.3) is 0 Å². The van der Waals surface area contributed by atoms with Gasteiger partial charge >= 0.3 is 12.1 Å². The quantitative estimate of drug-likeness (QED) is 0.263. The van der Waals surface area contributed by atoms with Gasteiger partial charge < -0.3 is 29.8 Å². The van der Waals surface area contributed by atoms with Crippen molar-refractivity contribution in [1.82, 2.24) is 0 Å². The van der Waals surface area contributed by atoms with Gasteiger partial charge in [-0.25, -0.2) is 4.79 Å². The van der Waals surface area contributed by atoms with Crippen LogP contribution in [0.2, 0.25) is 0 Å². The molecule has 0 amide bonds. The van der Waals surface area contributed by atoms with Crippen molar-refractivity contribution in [2.75, 3.05) is 44.7 Å². The fourth-order valence-electron chi connectivity index (χ4n) is 5.01. The normalized spacial score (nSPS) is 23.0. The van der Waals surface area contributed by atoms with E-state index in [-0.39, 0.29) is 11.8 Å². The number of likely N-dealkylation sites (N-methyl/N-ethyl adjacent to an activating group) is 1. The summed E-state index contributed by atoms with van der Waals surface area (Å²) in [7, 11) is 2.20. The van der Waals surface area contributed by atoms with Crippen LogP contribution in [0.15, 0.2) is 24.3 Å². The molecule has 2 saturated heterocycles. The molecule has 0 spiro atoms. The number of carboxylic acids is 1. The number of ether oxygens (including phenoxy) is 1. The van der Waals surface area contributed by atoms with Crippen molar-refractivity contribution in [2.45, 2.75) is 58.2 Å². The lowest BCUT2D eigenvalue weighted by Crippen LogP contribution is -2.54. The summed E-state index contributed by atoms with van der Waals surface area (Å²) >= 11 is 0. The first-order valence-electron chi connectivity index (χ1n) is 12.5. The number of hydrogen-bond acceptors (Lipinski definition) is 6. The number of nitrogens with zero attached hydrogens (tertiary/aromatic N) is 2. The Morgan fingerprint density at radius 3 is 1.92 bits per heavy atom. The number of amidine groups is 1. The van der Waals surface area contributed by atoms with Crippen LogP contribution in [-0.4, -0.2) is 73.8 Å². The highest BCUT2D eigenvalue weighted by Gasteiger charge is 2.37. The minimum absolute atomic E-state index is 0.0763. The summed E-state index contributed by atoms with van der Waals surface area (Å²) in [5.41, 5.74) is 7.16. The fraction of sp³-hybridized carbons (Fsp3) is 0.654. The first-order valence-corrected chi connectivity index (χ1v) is 12.5. The molecule has 0 bridgehead atoms. The monoisotopic (exact) mass is 528 g/mol. The number of carbonyl (C=O) groups is 2. The molecule has 0 aromatic heterocycles. The SMILES string of the molecule is CC(C)(C)OC(=O)C[N@+]1(C)CC[C@@H](C2CCN(c3ccc(C(=N)N)cc3)CC2)CC1.O=C([O-])C(F)(F)F. The minimum Gasteiger partial charge on any atom is -0.542 e. The number of hydrogen-bond donors (Lipinski definition) is 2. The topological polar surface area (TPSA) is 120 Å². The molecule has 2 aliphatic heterocycles. The Kier molecular flexibility index (Phi) is 9.98. The largest absolute Gasteiger partial charge is 0.542 e. The number of alkyl halides is 3. The second-order valence-corrected chi connectivity index (χ2v) is 11.2. The molecule has 37 heavy (non-hydrogen) atoms. The molecule has 1 aromatic carbocycles. The summed E-state index contributed by atoms with van der Waals surface area (Å²) in [5.74, 6) is -1.40. The summed E-state index contributed by atoms with van der Waals surface area (Å²) in [6.07, 6.45) is -0.321. The van der Waals surface area contributed by atoms with E-state index in [9.17, 15) is 18.0 Å². The molecule has 3 rings (SSSR count). The van der Waals surface area contributed by atoms with Gasteiger partial charge in [-0.05, 0) is 82.6 Å². The number of likely N-dealkylation sites (tertiary alicyclic amines) is 1. The number of nitrogens with one attached hydrogen (secondary N) is 1. The highest BCUT2D eigenvalue weighted by Crippen LogP contribution is 2.35. The van der Waals surface area contributed by atoms with Crippen molar-refractivity contribution < 1.29 is 37.1 Å². The van der Waals surface area contributed by atoms with Gasteiger partial charge in [-0.2, -0.15) is 13.2 Å². The van der Waals surface area contributed by atoms with E-state index in [0.29, 0.717) is 6.54 Å². The lowest BCUT2D eigenvalue weighted by atomic mass is 9.78. The Morgan fingerprint density at radius 2 is 1.51 bits per heavy atom.